The van der Waals surface area contributed by atoms with Crippen molar-refractivity contribution < 1.29 is 5.11 Å². The van der Waals surface area contributed by atoms with Gasteiger partial charge in [0.1, 0.15) is 0 Å². The SMILES string of the molecule is N#Cc1ccc2[nH]ccc2c1.OCCCCCl. The quantitative estimate of drug-likeness (QED) is 0.650. The van der Waals surface area contributed by atoms with Crippen LogP contribution in [0, 0.1) is 11.3 Å². The molecule has 2 rings (SSSR count). The van der Waals surface area contributed by atoms with Crippen LogP contribution in [-0.4, -0.2) is 22.6 Å². The fourth-order valence-electron chi connectivity index (χ4n) is 1.33. The summed E-state index contributed by atoms with van der Waals surface area (Å²) >= 11 is 5.27. The average Bonchev–Trinajstić information content (AvgIpc) is 2.84. The molecular formula is C13H15ClN2O. The fraction of sp³-hybridized carbons (Fsp3) is 0.308. The Labute approximate surface area is 106 Å². The third-order valence-corrected chi connectivity index (χ3v) is 2.49. The van der Waals surface area contributed by atoms with Crippen LogP contribution in [0.2, 0.25) is 0 Å². The van der Waals surface area contributed by atoms with Gasteiger partial charge in [0, 0.05) is 29.6 Å². The predicted molar refractivity (Wildman–Crippen MR) is 70.1 cm³/mol. The molecule has 0 spiro atoms. The molecule has 0 unspecified atom stereocenters. The number of benzene rings is 1. The zero-order valence-corrected chi connectivity index (χ0v) is 10.2. The normalized spacial score (nSPS) is 9.47. The summed E-state index contributed by atoms with van der Waals surface area (Å²) in [5.41, 5.74) is 1.78. The van der Waals surface area contributed by atoms with Gasteiger partial charge in [-0.15, -0.1) is 11.6 Å². The van der Waals surface area contributed by atoms with Crippen LogP contribution >= 0.6 is 11.6 Å². The first-order valence-corrected chi connectivity index (χ1v) is 5.99. The number of hydrogen-bond acceptors (Lipinski definition) is 2. The molecule has 0 saturated heterocycles. The van der Waals surface area contributed by atoms with Gasteiger partial charge in [-0.05, 0) is 37.1 Å². The number of halogens is 1. The molecule has 1 aromatic heterocycles. The predicted octanol–water partition coefficient (Wildman–Crippen LogP) is 3.04. The van der Waals surface area contributed by atoms with Gasteiger partial charge in [-0.3, -0.25) is 0 Å². The summed E-state index contributed by atoms with van der Waals surface area (Å²) in [6.07, 6.45) is 3.63. The number of aromatic nitrogens is 1. The number of rotatable bonds is 3. The van der Waals surface area contributed by atoms with Gasteiger partial charge in [-0.25, -0.2) is 0 Å². The Kier molecular flexibility index (Phi) is 6.16. The molecule has 17 heavy (non-hydrogen) atoms. The minimum Gasteiger partial charge on any atom is -0.396 e. The van der Waals surface area contributed by atoms with Crippen molar-refractivity contribution in [3.8, 4) is 6.07 Å². The van der Waals surface area contributed by atoms with E-state index in [1.54, 1.807) is 6.07 Å². The zero-order valence-electron chi connectivity index (χ0n) is 9.49. The highest BCUT2D eigenvalue weighted by atomic mass is 35.5. The first-order valence-electron chi connectivity index (χ1n) is 5.46. The number of alkyl halides is 1. The highest BCUT2D eigenvalue weighted by molar-refractivity contribution is 6.17. The lowest BCUT2D eigenvalue weighted by molar-refractivity contribution is 0.287. The molecule has 2 N–H and O–H groups in total. The van der Waals surface area contributed by atoms with Gasteiger partial charge in [0.15, 0.2) is 0 Å². The van der Waals surface area contributed by atoms with Gasteiger partial charge in [0.05, 0.1) is 11.6 Å². The molecule has 0 fully saturated rings. The van der Waals surface area contributed by atoms with Gasteiger partial charge >= 0.3 is 0 Å². The summed E-state index contributed by atoms with van der Waals surface area (Å²) in [7, 11) is 0. The monoisotopic (exact) mass is 250 g/mol. The molecule has 1 aromatic carbocycles. The van der Waals surface area contributed by atoms with E-state index in [0.717, 1.165) is 23.7 Å². The Morgan fingerprint density at radius 1 is 1.29 bits per heavy atom. The van der Waals surface area contributed by atoms with Crippen molar-refractivity contribution in [2.45, 2.75) is 12.8 Å². The smallest absolute Gasteiger partial charge is 0.0991 e. The number of aromatic amines is 1. The number of nitrogens with zero attached hydrogens (tertiary/aromatic N) is 1. The van der Waals surface area contributed by atoms with Gasteiger partial charge in [-0.1, -0.05) is 0 Å². The van der Waals surface area contributed by atoms with E-state index in [1.807, 2.05) is 24.4 Å². The summed E-state index contributed by atoms with van der Waals surface area (Å²) < 4.78 is 0. The summed E-state index contributed by atoms with van der Waals surface area (Å²) in [6.45, 7) is 0.271. The van der Waals surface area contributed by atoms with E-state index >= 15 is 0 Å². The largest absolute Gasteiger partial charge is 0.396 e. The summed E-state index contributed by atoms with van der Waals surface area (Å²) in [6, 6.07) is 9.63. The van der Waals surface area contributed by atoms with Crippen molar-refractivity contribution in [1.29, 1.82) is 5.26 Å². The van der Waals surface area contributed by atoms with Crippen LogP contribution in [0.5, 0.6) is 0 Å². The Morgan fingerprint density at radius 2 is 2.12 bits per heavy atom. The average molecular weight is 251 g/mol. The van der Waals surface area contributed by atoms with Crippen molar-refractivity contribution >= 4 is 22.5 Å². The van der Waals surface area contributed by atoms with Crippen molar-refractivity contribution in [2.24, 2.45) is 0 Å². The van der Waals surface area contributed by atoms with Crippen molar-refractivity contribution in [3.05, 3.63) is 36.0 Å². The van der Waals surface area contributed by atoms with Crippen molar-refractivity contribution in [1.82, 2.24) is 4.98 Å². The first kappa shape index (κ1) is 13.6. The molecule has 0 atom stereocenters. The van der Waals surface area contributed by atoms with E-state index in [1.165, 1.54) is 0 Å². The van der Waals surface area contributed by atoms with Crippen molar-refractivity contribution in [3.63, 3.8) is 0 Å². The molecule has 0 radical (unpaired) electrons. The number of aliphatic hydroxyl groups excluding tert-OH is 1. The summed E-state index contributed by atoms with van der Waals surface area (Å²) in [5.74, 6) is 0.667. The van der Waals surface area contributed by atoms with E-state index in [9.17, 15) is 0 Å². The second-order valence-electron chi connectivity index (χ2n) is 3.51. The van der Waals surface area contributed by atoms with Gasteiger partial charge < -0.3 is 10.1 Å². The number of unbranched alkanes of at least 4 members (excludes halogenated alkanes) is 1. The van der Waals surface area contributed by atoms with Crippen molar-refractivity contribution in [2.75, 3.05) is 12.5 Å². The number of nitriles is 1. The molecule has 0 aliphatic rings. The Hall–Kier alpha value is -1.50. The van der Waals surface area contributed by atoms with E-state index in [0.29, 0.717) is 11.4 Å². The molecule has 0 bridgehead atoms. The zero-order chi connectivity index (χ0) is 12.5. The van der Waals surface area contributed by atoms with Crippen LogP contribution in [0.1, 0.15) is 18.4 Å². The lowest BCUT2D eigenvalue weighted by Crippen LogP contribution is -1.81. The van der Waals surface area contributed by atoms with Gasteiger partial charge in [0.2, 0.25) is 0 Å². The topological polar surface area (TPSA) is 59.8 Å². The van der Waals surface area contributed by atoms with Crippen LogP contribution in [0.4, 0.5) is 0 Å². The van der Waals surface area contributed by atoms with Crippen LogP contribution in [-0.2, 0) is 0 Å². The van der Waals surface area contributed by atoms with Gasteiger partial charge in [-0.2, -0.15) is 5.26 Å². The van der Waals surface area contributed by atoms with E-state index in [-0.39, 0.29) is 6.61 Å². The molecule has 2 aromatic rings. The lowest BCUT2D eigenvalue weighted by atomic mass is 10.2. The molecule has 90 valence electrons. The fourth-order valence-corrected chi connectivity index (χ4v) is 1.52. The lowest BCUT2D eigenvalue weighted by Gasteiger charge is -1.88. The molecular weight excluding hydrogens is 236 g/mol. The second kappa shape index (κ2) is 7.72. The summed E-state index contributed by atoms with van der Waals surface area (Å²) in [5, 5.41) is 17.8. The molecule has 4 heteroatoms. The van der Waals surface area contributed by atoms with Gasteiger partial charge in [0.25, 0.3) is 0 Å². The first-order chi connectivity index (χ1) is 8.31. The van der Waals surface area contributed by atoms with E-state index in [2.05, 4.69) is 11.1 Å². The maximum absolute atomic E-state index is 8.57. The Balaban J connectivity index is 0.000000209. The van der Waals surface area contributed by atoms with Crippen LogP contribution in [0.25, 0.3) is 10.9 Å². The highest BCUT2D eigenvalue weighted by Gasteiger charge is 1.94. The highest BCUT2D eigenvalue weighted by Crippen LogP contribution is 2.12. The summed E-state index contributed by atoms with van der Waals surface area (Å²) in [4.78, 5) is 3.06. The standard InChI is InChI=1S/C9H6N2.C4H9ClO/c10-6-7-1-2-9-8(5-7)3-4-11-9;5-3-1-2-4-6/h1-5,11H;6H,1-4H2. The van der Waals surface area contributed by atoms with Crippen LogP contribution in [0.15, 0.2) is 30.5 Å². The minimum absolute atomic E-state index is 0.271. The molecule has 0 aliphatic heterocycles. The minimum atomic E-state index is 0.271. The number of hydrogen-bond donors (Lipinski definition) is 2. The van der Waals surface area contributed by atoms with E-state index < -0.39 is 0 Å². The van der Waals surface area contributed by atoms with E-state index in [4.69, 9.17) is 22.0 Å². The maximum Gasteiger partial charge on any atom is 0.0991 e. The third kappa shape index (κ3) is 4.48. The Morgan fingerprint density at radius 3 is 2.71 bits per heavy atom. The molecule has 3 nitrogen and oxygen atoms in total. The molecule has 1 heterocycles. The Bertz CT molecular complexity index is 483. The number of aliphatic hydroxyl groups is 1. The number of fused-ring (bicyclic) bond motifs is 1. The second-order valence-corrected chi connectivity index (χ2v) is 3.89. The van der Waals surface area contributed by atoms with Crippen LogP contribution < -0.4 is 0 Å². The molecule has 0 amide bonds. The molecule has 0 aliphatic carbocycles. The van der Waals surface area contributed by atoms with Crippen LogP contribution in [0.3, 0.4) is 0 Å². The number of nitrogens with one attached hydrogen (secondary N) is 1. The third-order valence-electron chi connectivity index (χ3n) is 2.22. The number of H-pyrrole nitrogens is 1. The molecule has 0 saturated carbocycles. The maximum atomic E-state index is 8.57.